The molecule has 2 unspecified atom stereocenters. The Balaban J connectivity index is 1.97. The lowest BCUT2D eigenvalue weighted by molar-refractivity contribution is 0.0938. The Bertz CT molecular complexity index is 447. The van der Waals surface area contributed by atoms with Crippen molar-refractivity contribution < 1.29 is 9.90 Å². The number of rotatable bonds is 3. The van der Waals surface area contributed by atoms with Crippen LogP contribution in [0.3, 0.4) is 0 Å². The molecule has 4 heteroatoms. The molecular weight excluding hydrogens is 246 g/mol. The van der Waals surface area contributed by atoms with E-state index >= 15 is 0 Å². The Morgan fingerprint density at radius 3 is 2.83 bits per heavy atom. The van der Waals surface area contributed by atoms with Crippen LogP contribution < -0.4 is 5.32 Å². The van der Waals surface area contributed by atoms with Gasteiger partial charge >= 0.3 is 0 Å². The lowest BCUT2D eigenvalue weighted by Crippen LogP contribution is -2.33. The molecular formula is C14H19NO2S. The number of carbonyl (C=O) groups excluding carboxylic acids is 1. The number of hydrogen-bond acceptors (Lipinski definition) is 3. The molecule has 1 amide bonds. The van der Waals surface area contributed by atoms with Crippen LogP contribution in [0, 0.1) is 6.92 Å². The smallest absolute Gasteiger partial charge is 0.251 e. The molecule has 1 fully saturated rings. The summed E-state index contributed by atoms with van der Waals surface area (Å²) < 4.78 is 0. The van der Waals surface area contributed by atoms with Crippen molar-refractivity contribution in [1.82, 2.24) is 5.32 Å². The summed E-state index contributed by atoms with van der Waals surface area (Å²) in [5.74, 6) is 0.194. The zero-order valence-corrected chi connectivity index (χ0v) is 11.6. The van der Waals surface area contributed by atoms with Crippen LogP contribution in [-0.4, -0.2) is 28.6 Å². The molecule has 1 aliphatic rings. The first-order valence-corrected chi connectivity index (χ1v) is 7.52. The molecule has 2 rings (SSSR count). The van der Waals surface area contributed by atoms with Gasteiger partial charge in [0.05, 0.1) is 0 Å². The molecule has 1 aromatic carbocycles. The predicted octanol–water partition coefficient (Wildman–Crippen LogP) is 2.71. The largest absolute Gasteiger partial charge is 0.508 e. The highest BCUT2D eigenvalue weighted by Gasteiger charge is 2.25. The number of benzene rings is 1. The van der Waals surface area contributed by atoms with E-state index in [9.17, 15) is 9.90 Å². The number of phenolic OH excluding ortho intramolecular Hbond substituents is 1. The summed E-state index contributed by atoms with van der Waals surface area (Å²) in [6.45, 7) is 1.80. The third-order valence-corrected chi connectivity index (χ3v) is 4.61. The first-order valence-electron chi connectivity index (χ1n) is 6.23. The summed E-state index contributed by atoms with van der Waals surface area (Å²) in [5.41, 5.74) is 1.36. The van der Waals surface area contributed by atoms with Gasteiger partial charge in [-0.3, -0.25) is 4.79 Å². The van der Waals surface area contributed by atoms with Gasteiger partial charge in [0.2, 0.25) is 0 Å². The molecule has 1 aromatic rings. The molecule has 98 valence electrons. The minimum absolute atomic E-state index is 0.0372. The number of phenols is 1. The van der Waals surface area contributed by atoms with E-state index in [-0.39, 0.29) is 11.7 Å². The summed E-state index contributed by atoms with van der Waals surface area (Å²) in [5, 5.41) is 13.2. The van der Waals surface area contributed by atoms with Crippen LogP contribution >= 0.6 is 11.8 Å². The first kappa shape index (κ1) is 13.3. The number of hydrogen-bond donors (Lipinski definition) is 2. The maximum atomic E-state index is 12.1. The highest BCUT2D eigenvalue weighted by molar-refractivity contribution is 7.99. The summed E-state index contributed by atoms with van der Waals surface area (Å²) >= 11 is 1.88. The third kappa shape index (κ3) is 2.99. The van der Waals surface area contributed by atoms with Crippen molar-refractivity contribution in [2.75, 3.05) is 6.26 Å². The van der Waals surface area contributed by atoms with Gasteiger partial charge in [-0.1, -0.05) is 0 Å². The number of thioether (sulfide) groups is 1. The minimum atomic E-state index is -0.0372. The Hall–Kier alpha value is -1.16. The molecule has 0 heterocycles. The van der Waals surface area contributed by atoms with Gasteiger partial charge in [0, 0.05) is 16.9 Å². The molecule has 1 saturated carbocycles. The zero-order valence-electron chi connectivity index (χ0n) is 10.8. The highest BCUT2D eigenvalue weighted by Crippen LogP contribution is 2.28. The van der Waals surface area contributed by atoms with Gasteiger partial charge in [0.25, 0.3) is 5.91 Å². The van der Waals surface area contributed by atoms with Crippen LogP contribution in [0.2, 0.25) is 0 Å². The Morgan fingerprint density at radius 2 is 2.22 bits per heavy atom. The van der Waals surface area contributed by atoms with Crippen molar-refractivity contribution in [1.29, 1.82) is 0 Å². The molecule has 0 aromatic heterocycles. The Kier molecular flexibility index (Phi) is 4.17. The standard InChI is InChI=1S/C14H19NO2S/c1-9-7-10(3-6-13(9)16)14(17)15-11-4-5-12(8-11)18-2/h3,6-7,11-12,16H,4-5,8H2,1-2H3,(H,15,17). The molecule has 0 bridgehead atoms. The topological polar surface area (TPSA) is 49.3 Å². The second-order valence-electron chi connectivity index (χ2n) is 4.84. The molecule has 0 spiro atoms. The zero-order chi connectivity index (χ0) is 13.1. The van der Waals surface area contributed by atoms with Gasteiger partial charge in [-0.25, -0.2) is 0 Å². The van der Waals surface area contributed by atoms with E-state index in [2.05, 4.69) is 11.6 Å². The maximum Gasteiger partial charge on any atom is 0.251 e. The van der Waals surface area contributed by atoms with Gasteiger partial charge in [-0.05, 0) is 56.2 Å². The molecule has 0 saturated heterocycles. The Labute approximate surface area is 112 Å². The summed E-state index contributed by atoms with van der Waals surface area (Å²) in [7, 11) is 0. The van der Waals surface area contributed by atoms with Gasteiger partial charge in [0.15, 0.2) is 0 Å². The monoisotopic (exact) mass is 265 g/mol. The van der Waals surface area contributed by atoms with Gasteiger partial charge in [-0.2, -0.15) is 11.8 Å². The van der Waals surface area contributed by atoms with Crippen LogP contribution in [0.1, 0.15) is 35.2 Å². The molecule has 2 atom stereocenters. The van der Waals surface area contributed by atoms with Crippen LogP contribution in [-0.2, 0) is 0 Å². The third-order valence-electron chi connectivity index (χ3n) is 3.51. The van der Waals surface area contributed by atoms with Gasteiger partial charge in [-0.15, -0.1) is 0 Å². The van der Waals surface area contributed by atoms with Crippen LogP contribution in [0.25, 0.3) is 0 Å². The van der Waals surface area contributed by atoms with Gasteiger partial charge in [0.1, 0.15) is 5.75 Å². The fourth-order valence-electron chi connectivity index (χ4n) is 2.35. The lowest BCUT2D eigenvalue weighted by atomic mass is 10.1. The van der Waals surface area contributed by atoms with Crippen molar-refractivity contribution >= 4 is 17.7 Å². The second kappa shape index (κ2) is 5.65. The van der Waals surface area contributed by atoms with Crippen LogP contribution in [0.5, 0.6) is 5.75 Å². The lowest BCUT2D eigenvalue weighted by Gasteiger charge is -2.13. The van der Waals surface area contributed by atoms with E-state index in [1.165, 1.54) is 6.42 Å². The number of carbonyl (C=O) groups is 1. The van der Waals surface area contributed by atoms with E-state index in [1.54, 1.807) is 25.1 Å². The molecule has 0 aliphatic heterocycles. The van der Waals surface area contributed by atoms with Crippen molar-refractivity contribution in [2.24, 2.45) is 0 Å². The summed E-state index contributed by atoms with van der Waals surface area (Å²) in [4.78, 5) is 12.1. The fraction of sp³-hybridized carbons (Fsp3) is 0.500. The molecule has 0 radical (unpaired) electrons. The highest BCUT2D eigenvalue weighted by atomic mass is 32.2. The number of aryl methyl sites for hydroxylation is 1. The number of aromatic hydroxyl groups is 1. The molecule has 1 aliphatic carbocycles. The second-order valence-corrected chi connectivity index (χ2v) is 5.98. The average molecular weight is 265 g/mol. The quantitative estimate of drug-likeness (QED) is 0.883. The summed E-state index contributed by atoms with van der Waals surface area (Å²) in [6.07, 6.45) is 5.43. The van der Waals surface area contributed by atoms with Gasteiger partial charge < -0.3 is 10.4 Å². The van der Waals surface area contributed by atoms with E-state index in [0.717, 1.165) is 18.4 Å². The van der Waals surface area contributed by atoms with Crippen molar-refractivity contribution in [2.45, 2.75) is 37.5 Å². The van der Waals surface area contributed by atoms with Crippen molar-refractivity contribution in [3.05, 3.63) is 29.3 Å². The first-order chi connectivity index (χ1) is 8.60. The number of nitrogens with one attached hydrogen (secondary N) is 1. The van der Waals surface area contributed by atoms with E-state index in [0.29, 0.717) is 16.9 Å². The van der Waals surface area contributed by atoms with E-state index < -0.39 is 0 Å². The maximum absolute atomic E-state index is 12.1. The molecule has 3 nitrogen and oxygen atoms in total. The Morgan fingerprint density at radius 1 is 1.44 bits per heavy atom. The average Bonchev–Trinajstić information content (AvgIpc) is 2.80. The van der Waals surface area contributed by atoms with Crippen LogP contribution in [0.15, 0.2) is 18.2 Å². The van der Waals surface area contributed by atoms with E-state index in [4.69, 9.17) is 0 Å². The number of amides is 1. The fourth-order valence-corrected chi connectivity index (χ4v) is 3.15. The summed E-state index contributed by atoms with van der Waals surface area (Å²) in [6, 6.07) is 5.26. The van der Waals surface area contributed by atoms with Crippen molar-refractivity contribution in [3.63, 3.8) is 0 Å². The molecule has 18 heavy (non-hydrogen) atoms. The minimum Gasteiger partial charge on any atom is -0.508 e. The van der Waals surface area contributed by atoms with Crippen LogP contribution in [0.4, 0.5) is 0 Å². The predicted molar refractivity (Wildman–Crippen MR) is 75.3 cm³/mol. The SMILES string of the molecule is CSC1CCC(NC(=O)c2ccc(O)c(C)c2)C1. The molecule has 2 N–H and O–H groups in total. The van der Waals surface area contributed by atoms with E-state index in [1.807, 2.05) is 11.8 Å². The van der Waals surface area contributed by atoms with Crippen molar-refractivity contribution in [3.8, 4) is 5.75 Å². The normalized spacial score (nSPS) is 23.0.